The Labute approximate surface area is 143 Å². The third-order valence-electron chi connectivity index (χ3n) is 4.12. The number of aryl methyl sites for hydroxylation is 3. The first kappa shape index (κ1) is 16.5. The van der Waals surface area contributed by atoms with E-state index in [0.29, 0.717) is 17.0 Å². The van der Waals surface area contributed by atoms with E-state index in [2.05, 4.69) is 21.8 Å². The topological polar surface area (TPSA) is 58.5 Å². The van der Waals surface area contributed by atoms with Crippen molar-refractivity contribution in [1.82, 2.24) is 0 Å². The minimum atomic E-state index is -3.69. The molecule has 0 fully saturated rings. The Balaban J connectivity index is 2.06. The zero-order chi connectivity index (χ0) is 17.5. The van der Waals surface area contributed by atoms with Crippen LogP contribution in [0.15, 0.2) is 52.4 Å². The van der Waals surface area contributed by atoms with E-state index in [4.69, 9.17) is 0 Å². The zero-order valence-corrected chi connectivity index (χ0v) is 15.0. The Bertz CT molecular complexity index is 949. The summed E-state index contributed by atoms with van der Waals surface area (Å²) >= 11 is 0. The van der Waals surface area contributed by atoms with E-state index in [1.165, 1.54) is 5.56 Å². The quantitative estimate of drug-likeness (QED) is 0.891. The molecule has 0 amide bonds. The van der Waals surface area contributed by atoms with Crippen molar-refractivity contribution in [2.24, 2.45) is 4.40 Å². The molecule has 1 N–H and O–H groups in total. The van der Waals surface area contributed by atoms with Crippen LogP contribution < -0.4 is 5.32 Å². The van der Waals surface area contributed by atoms with Crippen LogP contribution in [-0.4, -0.2) is 14.3 Å². The number of nitrogens with zero attached hydrogens (tertiary/aromatic N) is 1. The van der Waals surface area contributed by atoms with Crippen molar-refractivity contribution in [3.63, 3.8) is 0 Å². The Morgan fingerprint density at radius 3 is 2.08 bits per heavy atom. The molecule has 124 valence electrons. The lowest BCUT2D eigenvalue weighted by atomic mass is 10.0. The highest BCUT2D eigenvalue weighted by atomic mass is 32.2. The molecule has 3 rings (SSSR count). The highest BCUT2D eigenvalue weighted by Crippen LogP contribution is 2.33. The van der Waals surface area contributed by atoms with Gasteiger partial charge in [-0.2, -0.15) is 8.42 Å². The fraction of sp³-hybridized carbons (Fsp3) is 0.211. The standard InChI is InChI=1S/C19H20N2O2S/c1-12-10-13(2)17(14(3)11-12)20-19-15(4)18(24(22,23)21-19)16-8-6-5-7-9-16/h5-11H,1-4H3,(H,20,21). The molecule has 0 unspecified atom stereocenters. The Hall–Kier alpha value is -2.40. The molecular weight excluding hydrogens is 320 g/mol. The Morgan fingerprint density at radius 2 is 1.50 bits per heavy atom. The van der Waals surface area contributed by atoms with Crippen LogP contribution in [0.25, 0.3) is 4.91 Å². The minimum Gasteiger partial charge on any atom is -0.339 e. The number of hydrogen-bond donors (Lipinski definition) is 1. The van der Waals surface area contributed by atoms with Crippen LogP contribution in [0.1, 0.15) is 29.2 Å². The SMILES string of the molecule is CC1=C(c2ccccc2)S(=O)(=O)N=C1Nc1c(C)cc(C)cc1C. The van der Waals surface area contributed by atoms with Gasteiger partial charge in [0.05, 0.1) is 0 Å². The maximum absolute atomic E-state index is 12.5. The van der Waals surface area contributed by atoms with Crippen LogP contribution in [0.3, 0.4) is 0 Å². The number of benzene rings is 2. The molecule has 0 aliphatic carbocycles. The van der Waals surface area contributed by atoms with Crippen molar-refractivity contribution in [3.8, 4) is 0 Å². The summed E-state index contributed by atoms with van der Waals surface area (Å²) in [6, 6.07) is 13.2. The van der Waals surface area contributed by atoms with Crippen LogP contribution in [0.2, 0.25) is 0 Å². The van der Waals surface area contributed by atoms with Crippen molar-refractivity contribution >= 4 is 26.5 Å². The number of amidine groups is 1. The van der Waals surface area contributed by atoms with E-state index in [9.17, 15) is 8.42 Å². The molecule has 24 heavy (non-hydrogen) atoms. The van der Waals surface area contributed by atoms with Gasteiger partial charge < -0.3 is 5.32 Å². The second-order valence-corrected chi connectivity index (χ2v) is 7.67. The molecule has 1 heterocycles. The summed E-state index contributed by atoms with van der Waals surface area (Å²) in [6.45, 7) is 7.84. The molecule has 0 atom stereocenters. The number of hydrogen-bond acceptors (Lipinski definition) is 3. The summed E-state index contributed by atoms with van der Waals surface area (Å²) in [5, 5.41) is 3.22. The van der Waals surface area contributed by atoms with Gasteiger partial charge in [0.2, 0.25) is 0 Å². The first-order chi connectivity index (χ1) is 11.3. The highest BCUT2D eigenvalue weighted by Gasteiger charge is 2.31. The van der Waals surface area contributed by atoms with Gasteiger partial charge in [-0.25, -0.2) is 0 Å². The average Bonchev–Trinajstić information content (AvgIpc) is 2.72. The van der Waals surface area contributed by atoms with E-state index in [0.717, 1.165) is 16.8 Å². The second-order valence-electron chi connectivity index (χ2n) is 6.13. The van der Waals surface area contributed by atoms with Crippen LogP contribution in [0.5, 0.6) is 0 Å². The zero-order valence-electron chi connectivity index (χ0n) is 14.2. The first-order valence-corrected chi connectivity index (χ1v) is 9.20. The molecule has 4 nitrogen and oxygen atoms in total. The molecule has 0 radical (unpaired) electrons. The molecule has 0 saturated carbocycles. The summed E-state index contributed by atoms with van der Waals surface area (Å²) in [5.74, 6) is 0.393. The van der Waals surface area contributed by atoms with Gasteiger partial charge in [0.15, 0.2) is 0 Å². The largest absolute Gasteiger partial charge is 0.339 e. The van der Waals surface area contributed by atoms with Crippen molar-refractivity contribution in [2.45, 2.75) is 27.7 Å². The monoisotopic (exact) mass is 340 g/mol. The van der Waals surface area contributed by atoms with Crippen molar-refractivity contribution in [1.29, 1.82) is 0 Å². The van der Waals surface area contributed by atoms with Gasteiger partial charge in [-0.3, -0.25) is 0 Å². The second kappa shape index (κ2) is 5.91. The number of nitrogens with one attached hydrogen (secondary N) is 1. The lowest BCUT2D eigenvalue weighted by Crippen LogP contribution is -2.13. The maximum atomic E-state index is 12.5. The Kier molecular flexibility index (Phi) is 4.05. The van der Waals surface area contributed by atoms with E-state index < -0.39 is 10.0 Å². The first-order valence-electron chi connectivity index (χ1n) is 7.76. The van der Waals surface area contributed by atoms with E-state index >= 15 is 0 Å². The lowest BCUT2D eigenvalue weighted by molar-refractivity contribution is 0.608. The molecule has 1 aliphatic heterocycles. The summed E-state index contributed by atoms with van der Waals surface area (Å²) < 4.78 is 29.0. The average molecular weight is 340 g/mol. The van der Waals surface area contributed by atoms with Crippen LogP contribution >= 0.6 is 0 Å². The van der Waals surface area contributed by atoms with Crippen LogP contribution in [-0.2, 0) is 10.0 Å². The van der Waals surface area contributed by atoms with Gasteiger partial charge in [0.25, 0.3) is 10.0 Å². The third kappa shape index (κ3) is 2.87. The predicted molar refractivity (Wildman–Crippen MR) is 99.7 cm³/mol. The molecule has 0 saturated heterocycles. The van der Waals surface area contributed by atoms with Gasteiger partial charge in [-0.05, 0) is 44.4 Å². The van der Waals surface area contributed by atoms with Gasteiger partial charge in [-0.15, -0.1) is 4.40 Å². The van der Waals surface area contributed by atoms with E-state index in [-0.39, 0.29) is 4.91 Å². The summed E-state index contributed by atoms with van der Waals surface area (Å²) in [7, 11) is -3.69. The molecule has 2 aromatic carbocycles. The van der Waals surface area contributed by atoms with Crippen molar-refractivity contribution < 1.29 is 8.42 Å². The maximum Gasteiger partial charge on any atom is 0.285 e. The summed E-state index contributed by atoms with van der Waals surface area (Å²) in [5.41, 5.74) is 5.51. The molecule has 1 aliphatic rings. The van der Waals surface area contributed by atoms with Crippen molar-refractivity contribution in [3.05, 3.63) is 70.3 Å². The predicted octanol–water partition coefficient (Wildman–Crippen LogP) is 4.20. The van der Waals surface area contributed by atoms with Crippen LogP contribution in [0.4, 0.5) is 5.69 Å². The van der Waals surface area contributed by atoms with Crippen LogP contribution in [0, 0.1) is 20.8 Å². The van der Waals surface area contributed by atoms with Gasteiger partial charge in [0.1, 0.15) is 10.7 Å². The van der Waals surface area contributed by atoms with Gasteiger partial charge in [-0.1, -0.05) is 48.0 Å². The number of sulfonamides is 1. The summed E-state index contributed by atoms with van der Waals surface area (Å²) in [4.78, 5) is 0.271. The van der Waals surface area contributed by atoms with E-state index in [1.807, 2.05) is 39.0 Å². The number of rotatable bonds is 2. The molecule has 5 heteroatoms. The number of anilines is 1. The molecular formula is C19H20N2O2S. The van der Waals surface area contributed by atoms with Gasteiger partial charge in [0, 0.05) is 11.3 Å². The molecule has 0 bridgehead atoms. The fourth-order valence-electron chi connectivity index (χ4n) is 3.10. The van der Waals surface area contributed by atoms with Gasteiger partial charge >= 0.3 is 0 Å². The van der Waals surface area contributed by atoms with Crippen molar-refractivity contribution in [2.75, 3.05) is 5.32 Å². The third-order valence-corrected chi connectivity index (χ3v) is 5.60. The van der Waals surface area contributed by atoms with E-state index in [1.54, 1.807) is 19.1 Å². The lowest BCUT2D eigenvalue weighted by Gasteiger charge is -2.14. The fourth-order valence-corrected chi connectivity index (χ4v) is 4.53. The Morgan fingerprint density at radius 1 is 0.917 bits per heavy atom. The molecule has 2 aromatic rings. The minimum absolute atomic E-state index is 0.271. The molecule has 0 aromatic heterocycles. The highest BCUT2D eigenvalue weighted by molar-refractivity contribution is 8.00. The summed E-state index contributed by atoms with van der Waals surface area (Å²) in [6.07, 6.45) is 0. The smallest absolute Gasteiger partial charge is 0.285 e. The normalized spacial score (nSPS) is 16.2. The molecule has 0 spiro atoms.